The van der Waals surface area contributed by atoms with Crippen LogP contribution in [-0.4, -0.2) is 16.1 Å². The van der Waals surface area contributed by atoms with E-state index in [2.05, 4.69) is 212 Å². The third-order valence-corrected chi connectivity index (χ3v) is 14.0. The van der Waals surface area contributed by atoms with Gasteiger partial charge >= 0.3 is 0 Å². The molecule has 13 aromatic rings. The van der Waals surface area contributed by atoms with Crippen molar-refractivity contribution in [2.75, 3.05) is 0 Å². The molecule has 320 valence electrons. The summed E-state index contributed by atoms with van der Waals surface area (Å²) < 4.78 is 16.4. The molecule has 4 heterocycles. The Balaban J connectivity index is 1.08. The molecule has 0 bridgehead atoms. The molecule has 1 aliphatic rings. The lowest BCUT2D eigenvalue weighted by molar-refractivity contribution is 0.667. The highest BCUT2D eigenvalue weighted by molar-refractivity contribution is 6.27. The first-order chi connectivity index (χ1) is 33.6. The molecule has 5 nitrogen and oxygen atoms in total. The van der Waals surface area contributed by atoms with Crippen LogP contribution in [0.3, 0.4) is 0 Å². The van der Waals surface area contributed by atoms with Crippen LogP contribution < -0.4 is 0 Å². The normalized spacial score (nSPS) is 16.9. The first-order valence-corrected chi connectivity index (χ1v) is 23.4. The molecule has 1 aliphatic heterocycles. The zero-order valence-electron chi connectivity index (χ0n) is 37.1. The highest BCUT2D eigenvalue weighted by Gasteiger charge is 2.26. The Kier molecular flexibility index (Phi) is 8.56. The van der Waals surface area contributed by atoms with Crippen molar-refractivity contribution in [1.29, 1.82) is 0 Å². The second-order valence-electron chi connectivity index (χ2n) is 18.1. The lowest BCUT2D eigenvalue weighted by atomic mass is 9.91. The highest BCUT2D eigenvalue weighted by Crippen LogP contribution is 2.44. The Bertz CT molecular complexity index is 4310. The molecule has 68 heavy (non-hydrogen) atoms. The molecule has 1 unspecified atom stereocenters. The summed E-state index contributed by atoms with van der Waals surface area (Å²) in [6.07, 6.45) is 3.01. The number of aliphatic imine (C=N–C) groups is 2. The third-order valence-electron chi connectivity index (χ3n) is 14.0. The summed E-state index contributed by atoms with van der Waals surface area (Å²) in [7, 11) is 0. The van der Waals surface area contributed by atoms with Crippen molar-refractivity contribution in [3.05, 3.63) is 229 Å². The maximum absolute atomic E-state index is 7.34. The molecule has 0 spiro atoms. The fraction of sp³-hybridized carbons (Fsp3) is 0.0476. The number of rotatable bonds is 5. The first kappa shape index (κ1) is 38.5. The van der Waals surface area contributed by atoms with Crippen LogP contribution >= 0.6 is 0 Å². The van der Waals surface area contributed by atoms with E-state index in [4.69, 9.17) is 18.8 Å². The highest BCUT2D eigenvalue weighted by atomic mass is 16.3. The number of fused-ring (bicyclic) bond motifs is 12. The van der Waals surface area contributed by atoms with Crippen LogP contribution in [0.25, 0.3) is 110 Å². The third kappa shape index (κ3) is 5.95. The molecule has 3 aromatic heterocycles. The quantitative estimate of drug-likeness (QED) is 0.173. The standard InChI is InChI=1S/C63H41N3O2/c1-38-29-33-53(49-26-14-25-48-47-24-10-12-28-57(47)67-61(48)49)64-63(65-59(38)44-21-13-20-41(35-44)39-15-3-2-4-16-39)51-32-34-55(62-58(51)50-31-30-40-17-7-8-22-45(40)60(50)68-62)66-54-27-11-9-23-46(54)52-36-42-18-5-6-19-43(42)37-56(52)66/h2-28,30-38H,29H2,1H3/b53-33+,64-63-,65-59+. The Hall–Kier alpha value is -8.80. The van der Waals surface area contributed by atoms with Gasteiger partial charge < -0.3 is 13.4 Å². The van der Waals surface area contributed by atoms with E-state index < -0.39 is 0 Å². The van der Waals surface area contributed by atoms with Gasteiger partial charge in [0.05, 0.1) is 28.1 Å². The van der Waals surface area contributed by atoms with E-state index in [0.717, 1.165) is 117 Å². The number of allylic oxidation sites excluding steroid dienone is 1. The van der Waals surface area contributed by atoms with E-state index in [1.54, 1.807) is 0 Å². The van der Waals surface area contributed by atoms with E-state index in [9.17, 15) is 0 Å². The average molecular weight is 872 g/mol. The molecule has 5 heteroatoms. The van der Waals surface area contributed by atoms with Gasteiger partial charge in [-0.25, -0.2) is 9.98 Å². The van der Waals surface area contributed by atoms with Crippen LogP contribution in [-0.2, 0) is 0 Å². The topological polar surface area (TPSA) is 55.9 Å². The summed E-state index contributed by atoms with van der Waals surface area (Å²) >= 11 is 0. The van der Waals surface area contributed by atoms with E-state index in [0.29, 0.717) is 5.84 Å². The van der Waals surface area contributed by atoms with Crippen molar-refractivity contribution in [1.82, 2.24) is 4.57 Å². The number of furan rings is 2. The molecule has 0 N–H and O–H groups in total. The number of hydrogen-bond donors (Lipinski definition) is 0. The van der Waals surface area contributed by atoms with Crippen LogP contribution in [0, 0.1) is 5.92 Å². The summed E-state index contributed by atoms with van der Waals surface area (Å²) in [6.45, 7) is 2.27. The first-order valence-electron chi connectivity index (χ1n) is 23.4. The lowest BCUT2D eigenvalue weighted by Gasteiger charge is -2.19. The summed E-state index contributed by atoms with van der Waals surface area (Å²) in [6, 6.07) is 73.2. The lowest BCUT2D eigenvalue weighted by Crippen LogP contribution is -2.17. The van der Waals surface area contributed by atoms with E-state index >= 15 is 0 Å². The van der Waals surface area contributed by atoms with Crippen molar-refractivity contribution in [3.63, 3.8) is 0 Å². The summed E-state index contributed by atoms with van der Waals surface area (Å²) in [5.74, 6) is 0.653. The summed E-state index contributed by atoms with van der Waals surface area (Å²) in [5, 5.41) is 11.1. The number of nitrogens with zero attached hydrogens (tertiary/aromatic N) is 3. The van der Waals surface area contributed by atoms with Crippen molar-refractivity contribution in [2.24, 2.45) is 15.9 Å². The number of amidine groups is 1. The van der Waals surface area contributed by atoms with E-state index in [-0.39, 0.29) is 5.92 Å². The molecule has 0 fully saturated rings. The van der Waals surface area contributed by atoms with Crippen LogP contribution in [0.1, 0.15) is 30.0 Å². The van der Waals surface area contributed by atoms with Crippen molar-refractivity contribution < 1.29 is 8.83 Å². The van der Waals surface area contributed by atoms with Gasteiger partial charge in [-0.05, 0) is 93.9 Å². The molecule has 1 atom stereocenters. The van der Waals surface area contributed by atoms with Crippen LogP contribution in [0.4, 0.5) is 0 Å². The predicted octanol–water partition coefficient (Wildman–Crippen LogP) is 16.9. The Morgan fingerprint density at radius 1 is 0.441 bits per heavy atom. The molecule has 0 amide bonds. The van der Waals surface area contributed by atoms with Gasteiger partial charge in [-0.2, -0.15) is 0 Å². The maximum atomic E-state index is 7.34. The van der Waals surface area contributed by atoms with Crippen LogP contribution in [0.15, 0.2) is 231 Å². The van der Waals surface area contributed by atoms with E-state index in [1.807, 2.05) is 12.1 Å². The van der Waals surface area contributed by atoms with Crippen molar-refractivity contribution in [2.45, 2.75) is 13.3 Å². The van der Waals surface area contributed by atoms with Gasteiger partial charge in [0.1, 0.15) is 16.7 Å². The number of benzene rings is 10. The summed E-state index contributed by atoms with van der Waals surface area (Å²) in [4.78, 5) is 11.5. The van der Waals surface area contributed by atoms with Crippen LogP contribution in [0.5, 0.6) is 0 Å². The van der Waals surface area contributed by atoms with Crippen molar-refractivity contribution >= 4 is 104 Å². The fourth-order valence-electron chi connectivity index (χ4n) is 10.8. The molecule has 14 rings (SSSR count). The minimum atomic E-state index is 0.0450. The number of aromatic nitrogens is 1. The fourth-order valence-corrected chi connectivity index (χ4v) is 10.8. The van der Waals surface area contributed by atoms with Gasteiger partial charge in [0.25, 0.3) is 0 Å². The minimum Gasteiger partial charge on any atom is -0.455 e. The largest absolute Gasteiger partial charge is 0.455 e. The number of para-hydroxylation sites is 3. The summed E-state index contributed by atoms with van der Waals surface area (Å²) in [5.41, 5.74) is 13.4. The smallest absolute Gasteiger partial charge is 0.160 e. The van der Waals surface area contributed by atoms with Gasteiger partial charge in [0.2, 0.25) is 0 Å². The number of hydrogen-bond acceptors (Lipinski definition) is 4. The Labute approximate surface area is 391 Å². The molecule has 0 radical (unpaired) electrons. The van der Waals surface area contributed by atoms with Gasteiger partial charge in [0, 0.05) is 54.7 Å². The Morgan fingerprint density at radius 3 is 2.03 bits per heavy atom. The Morgan fingerprint density at radius 2 is 1.15 bits per heavy atom. The van der Waals surface area contributed by atoms with Gasteiger partial charge in [-0.1, -0.05) is 165 Å². The zero-order valence-corrected chi connectivity index (χ0v) is 37.1. The second-order valence-corrected chi connectivity index (χ2v) is 18.1. The van der Waals surface area contributed by atoms with Gasteiger partial charge in [-0.3, -0.25) is 0 Å². The van der Waals surface area contributed by atoms with Gasteiger partial charge in [-0.15, -0.1) is 0 Å². The second kappa shape index (κ2) is 15.1. The average Bonchev–Trinajstić information content (AvgIpc) is 4.08. The van der Waals surface area contributed by atoms with Gasteiger partial charge in [0.15, 0.2) is 11.4 Å². The zero-order chi connectivity index (χ0) is 44.9. The molecule has 10 aromatic carbocycles. The van der Waals surface area contributed by atoms with E-state index in [1.165, 1.54) is 21.5 Å². The molecule has 0 aliphatic carbocycles. The van der Waals surface area contributed by atoms with Crippen LogP contribution in [0.2, 0.25) is 0 Å². The molecular formula is C63H41N3O2. The minimum absolute atomic E-state index is 0.0450. The maximum Gasteiger partial charge on any atom is 0.160 e. The predicted molar refractivity (Wildman–Crippen MR) is 284 cm³/mol. The SMILES string of the molecule is CC1C/C=C(c2cccc3c2oc2ccccc23)/N=C(c2ccc(-n3c4ccccc4c4cc5ccccc5cc43)c3oc4c5ccccc5ccc4c23)\N=C/1c1cccc(-c2ccccc2)c1. The molecule has 0 saturated heterocycles. The molecule has 0 saturated carbocycles. The monoisotopic (exact) mass is 871 g/mol. The van der Waals surface area contributed by atoms with Crippen molar-refractivity contribution in [3.8, 4) is 16.8 Å². The molecular weight excluding hydrogens is 831 g/mol.